The van der Waals surface area contributed by atoms with Crippen molar-refractivity contribution in [1.82, 2.24) is 5.32 Å². The molecule has 0 spiro atoms. The van der Waals surface area contributed by atoms with Gasteiger partial charge in [0.15, 0.2) is 0 Å². The van der Waals surface area contributed by atoms with E-state index in [2.05, 4.69) is 26.1 Å². The highest BCUT2D eigenvalue weighted by Crippen LogP contribution is 2.32. The molecule has 0 heterocycles. The molecule has 1 N–H and O–H groups in total. The van der Waals surface area contributed by atoms with Crippen LogP contribution in [0, 0.1) is 5.92 Å². The molecule has 1 aliphatic rings. The van der Waals surface area contributed by atoms with Gasteiger partial charge >= 0.3 is 0 Å². The normalized spacial score (nSPS) is 20.8. The summed E-state index contributed by atoms with van der Waals surface area (Å²) in [6.07, 6.45) is 5.21. The van der Waals surface area contributed by atoms with E-state index in [-0.39, 0.29) is 5.60 Å². The number of likely N-dealkylation sites (N-methyl/N-ethyl adjacent to an activating group) is 1. The maximum atomic E-state index is 5.97. The average molecular weight is 199 g/mol. The van der Waals surface area contributed by atoms with Gasteiger partial charge in [-0.25, -0.2) is 0 Å². The Kier molecular flexibility index (Phi) is 4.90. The Balaban J connectivity index is 2.12. The molecule has 1 saturated carbocycles. The molecule has 0 aromatic rings. The summed E-state index contributed by atoms with van der Waals surface area (Å²) < 4.78 is 5.97. The van der Waals surface area contributed by atoms with Crippen LogP contribution in [0.3, 0.4) is 0 Å². The van der Waals surface area contributed by atoms with Crippen LogP contribution in [0.1, 0.15) is 46.5 Å². The van der Waals surface area contributed by atoms with Crippen molar-refractivity contribution in [3.05, 3.63) is 0 Å². The highest BCUT2D eigenvalue weighted by atomic mass is 16.5. The van der Waals surface area contributed by atoms with E-state index < -0.39 is 0 Å². The van der Waals surface area contributed by atoms with Gasteiger partial charge in [-0.15, -0.1) is 0 Å². The van der Waals surface area contributed by atoms with Crippen LogP contribution in [0.25, 0.3) is 0 Å². The SMILES string of the molecule is CCNCC(C)(CC)OCCC1CC1. The van der Waals surface area contributed by atoms with Crippen molar-refractivity contribution in [3.8, 4) is 0 Å². The maximum Gasteiger partial charge on any atom is 0.0775 e. The monoisotopic (exact) mass is 199 g/mol. The summed E-state index contributed by atoms with van der Waals surface area (Å²) in [7, 11) is 0. The molecule has 0 amide bonds. The van der Waals surface area contributed by atoms with E-state index in [4.69, 9.17) is 4.74 Å². The third-order valence-electron chi connectivity index (χ3n) is 3.17. The van der Waals surface area contributed by atoms with Gasteiger partial charge < -0.3 is 10.1 Å². The molecule has 0 aromatic heterocycles. The van der Waals surface area contributed by atoms with Crippen LogP contribution in [0.15, 0.2) is 0 Å². The van der Waals surface area contributed by atoms with Crippen molar-refractivity contribution < 1.29 is 4.74 Å². The van der Waals surface area contributed by atoms with Crippen LogP contribution < -0.4 is 5.32 Å². The lowest BCUT2D eigenvalue weighted by atomic mass is 10.0. The molecular formula is C12H25NO. The highest BCUT2D eigenvalue weighted by molar-refractivity contribution is 4.78. The largest absolute Gasteiger partial charge is 0.374 e. The van der Waals surface area contributed by atoms with Crippen LogP contribution in [-0.2, 0) is 4.74 Å². The van der Waals surface area contributed by atoms with E-state index >= 15 is 0 Å². The summed E-state index contributed by atoms with van der Waals surface area (Å²) in [6, 6.07) is 0. The first-order valence-electron chi connectivity index (χ1n) is 6.05. The van der Waals surface area contributed by atoms with Gasteiger partial charge in [0.2, 0.25) is 0 Å². The molecule has 1 unspecified atom stereocenters. The summed E-state index contributed by atoms with van der Waals surface area (Å²) in [5.41, 5.74) is 0.0465. The molecule has 0 aliphatic heterocycles. The van der Waals surface area contributed by atoms with Gasteiger partial charge in [0.25, 0.3) is 0 Å². The first-order valence-corrected chi connectivity index (χ1v) is 6.05. The Hall–Kier alpha value is -0.0800. The van der Waals surface area contributed by atoms with Gasteiger partial charge in [0.1, 0.15) is 0 Å². The van der Waals surface area contributed by atoms with Gasteiger partial charge in [-0.3, -0.25) is 0 Å². The molecule has 1 aliphatic carbocycles. The molecule has 0 bridgehead atoms. The minimum Gasteiger partial charge on any atom is -0.374 e. The number of rotatable bonds is 8. The van der Waals surface area contributed by atoms with E-state index in [1.165, 1.54) is 19.3 Å². The summed E-state index contributed by atoms with van der Waals surface area (Å²) in [4.78, 5) is 0. The van der Waals surface area contributed by atoms with Crippen molar-refractivity contribution in [2.24, 2.45) is 5.92 Å². The zero-order valence-corrected chi connectivity index (χ0v) is 9.94. The fraction of sp³-hybridized carbons (Fsp3) is 1.00. The molecule has 0 radical (unpaired) electrons. The van der Waals surface area contributed by atoms with Crippen molar-refractivity contribution in [1.29, 1.82) is 0 Å². The van der Waals surface area contributed by atoms with Crippen LogP contribution in [0.5, 0.6) is 0 Å². The van der Waals surface area contributed by atoms with E-state index in [1.54, 1.807) is 0 Å². The number of hydrogen-bond donors (Lipinski definition) is 1. The van der Waals surface area contributed by atoms with Crippen molar-refractivity contribution in [3.63, 3.8) is 0 Å². The van der Waals surface area contributed by atoms with E-state index in [9.17, 15) is 0 Å². The van der Waals surface area contributed by atoms with Crippen molar-refractivity contribution >= 4 is 0 Å². The fourth-order valence-corrected chi connectivity index (χ4v) is 1.55. The van der Waals surface area contributed by atoms with Gasteiger partial charge in [0, 0.05) is 13.2 Å². The van der Waals surface area contributed by atoms with Gasteiger partial charge in [-0.1, -0.05) is 26.7 Å². The number of nitrogens with one attached hydrogen (secondary N) is 1. The average Bonchev–Trinajstić information content (AvgIpc) is 2.99. The highest BCUT2D eigenvalue weighted by Gasteiger charge is 2.25. The van der Waals surface area contributed by atoms with Crippen LogP contribution in [-0.4, -0.2) is 25.3 Å². The molecule has 2 nitrogen and oxygen atoms in total. The Morgan fingerprint density at radius 2 is 2.07 bits per heavy atom. The van der Waals surface area contributed by atoms with E-state index in [0.29, 0.717) is 0 Å². The maximum absolute atomic E-state index is 5.97. The summed E-state index contributed by atoms with van der Waals surface area (Å²) >= 11 is 0. The molecule has 1 rings (SSSR count). The Bertz CT molecular complexity index is 156. The van der Waals surface area contributed by atoms with Crippen LogP contribution in [0.2, 0.25) is 0 Å². The predicted octanol–water partition coefficient (Wildman–Crippen LogP) is 2.58. The second-order valence-corrected chi connectivity index (χ2v) is 4.66. The number of ether oxygens (including phenoxy) is 1. The molecule has 0 saturated heterocycles. The van der Waals surface area contributed by atoms with Crippen molar-refractivity contribution in [2.75, 3.05) is 19.7 Å². The molecule has 1 fully saturated rings. The topological polar surface area (TPSA) is 21.3 Å². The standard InChI is InChI=1S/C12H25NO/c1-4-12(3,10-13-5-2)14-9-8-11-6-7-11/h11,13H,4-10H2,1-3H3. The molecular weight excluding hydrogens is 174 g/mol. The summed E-state index contributed by atoms with van der Waals surface area (Å²) in [5.74, 6) is 0.982. The minimum absolute atomic E-state index is 0.0465. The summed E-state index contributed by atoms with van der Waals surface area (Å²) in [5, 5.41) is 3.37. The molecule has 84 valence electrons. The minimum atomic E-state index is 0.0465. The summed E-state index contributed by atoms with van der Waals surface area (Å²) in [6.45, 7) is 9.50. The van der Waals surface area contributed by atoms with E-state index in [0.717, 1.165) is 32.0 Å². The fourth-order valence-electron chi connectivity index (χ4n) is 1.55. The Morgan fingerprint density at radius 1 is 1.36 bits per heavy atom. The first-order chi connectivity index (χ1) is 6.70. The second-order valence-electron chi connectivity index (χ2n) is 4.66. The lowest BCUT2D eigenvalue weighted by Crippen LogP contribution is -2.40. The van der Waals surface area contributed by atoms with Crippen LogP contribution >= 0.6 is 0 Å². The van der Waals surface area contributed by atoms with Gasteiger partial charge in [-0.2, -0.15) is 0 Å². The number of hydrogen-bond acceptors (Lipinski definition) is 2. The lowest BCUT2D eigenvalue weighted by molar-refractivity contribution is -0.0352. The molecule has 14 heavy (non-hydrogen) atoms. The second kappa shape index (κ2) is 5.72. The molecule has 0 aromatic carbocycles. The zero-order chi connectivity index (χ0) is 10.4. The molecule has 1 atom stereocenters. The Morgan fingerprint density at radius 3 is 2.57 bits per heavy atom. The third kappa shape index (κ3) is 4.43. The van der Waals surface area contributed by atoms with Gasteiger partial charge in [0.05, 0.1) is 5.60 Å². The predicted molar refractivity (Wildman–Crippen MR) is 60.5 cm³/mol. The Labute approximate surface area is 88.4 Å². The zero-order valence-electron chi connectivity index (χ0n) is 9.94. The quantitative estimate of drug-likeness (QED) is 0.649. The smallest absolute Gasteiger partial charge is 0.0775 e. The third-order valence-corrected chi connectivity index (χ3v) is 3.17. The van der Waals surface area contributed by atoms with Crippen LogP contribution in [0.4, 0.5) is 0 Å². The first kappa shape index (κ1) is 12.0. The van der Waals surface area contributed by atoms with Gasteiger partial charge in [-0.05, 0) is 32.2 Å². The van der Waals surface area contributed by atoms with Crippen molar-refractivity contribution in [2.45, 2.75) is 52.1 Å². The van der Waals surface area contributed by atoms with E-state index in [1.807, 2.05) is 0 Å². The molecule has 2 heteroatoms. The lowest BCUT2D eigenvalue weighted by Gasteiger charge is -2.29.